The number of thiol groups is 1. The predicted molar refractivity (Wildman–Crippen MR) is 55.2 cm³/mol. The standard InChI is InChI=1S/C10H11FOS/c11-10-5-8(2-1-3-13)4-9(6-10)7-12/h1-2,4-6,12-13H,3,7H2. The van der Waals surface area contributed by atoms with Crippen LogP contribution in [0.1, 0.15) is 11.1 Å². The van der Waals surface area contributed by atoms with Crippen LogP contribution < -0.4 is 0 Å². The third-order valence-electron chi connectivity index (χ3n) is 1.58. The minimum Gasteiger partial charge on any atom is -0.392 e. The van der Waals surface area contributed by atoms with E-state index in [4.69, 9.17) is 5.11 Å². The second-order valence-corrected chi connectivity index (χ2v) is 3.00. The van der Waals surface area contributed by atoms with E-state index in [0.29, 0.717) is 11.3 Å². The molecule has 1 N–H and O–H groups in total. The highest BCUT2D eigenvalue weighted by Crippen LogP contribution is 2.10. The fourth-order valence-corrected chi connectivity index (χ4v) is 1.16. The molecular formula is C10H11FOS. The molecule has 1 aromatic rings. The summed E-state index contributed by atoms with van der Waals surface area (Å²) in [4.78, 5) is 0. The van der Waals surface area contributed by atoms with E-state index in [9.17, 15) is 4.39 Å². The number of rotatable bonds is 3. The number of aliphatic hydroxyl groups excluding tert-OH is 1. The van der Waals surface area contributed by atoms with Gasteiger partial charge in [-0.05, 0) is 29.3 Å². The first-order valence-electron chi connectivity index (χ1n) is 3.94. The van der Waals surface area contributed by atoms with Crippen LogP contribution in [0, 0.1) is 5.82 Å². The molecule has 1 aromatic carbocycles. The van der Waals surface area contributed by atoms with Gasteiger partial charge in [0.2, 0.25) is 0 Å². The molecule has 0 atom stereocenters. The molecule has 0 aliphatic heterocycles. The number of aliphatic hydroxyl groups is 1. The van der Waals surface area contributed by atoms with Gasteiger partial charge >= 0.3 is 0 Å². The van der Waals surface area contributed by atoms with E-state index < -0.39 is 0 Å². The second kappa shape index (κ2) is 5.04. The molecular weight excluding hydrogens is 187 g/mol. The van der Waals surface area contributed by atoms with Gasteiger partial charge in [0, 0.05) is 5.75 Å². The smallest absolute Gasteiger partial charge is 0.124 e. The van der Waals surface area contributed by atoms with E-state index in [0.717, 1.165) is 5.56 Å². The normalized spacial score (nSPS) is 11.0. The van der Waals surface area contributed by atoms with E-state index in [1.54, 1.807) is 12.1 Å². The van der Waals surface area contributed by atoms with Crippen molar-refractivity contribution in [3.8, 4) is 0 Å². The van der Waals surface area contributed by atoms with Crippen molar-refractivity contribution in [3.63, 3.8) is 0 Å². The summed E-state index contributed by atoms with van der Waals surface area (Å²) < 4.78 is 12.9. The lowest BCUT2D eigenvalue weighted by molar-refractivity contribution is 0.281. The first-order chi connectivity index (χ1) is 6.26. The van der Waals surface area contributed by atoms with Crippen LogP contribution in [-0.4, -0.2) is 10.9 Å². The van der Waals surface area contributed by atoms with E-state index in [-0.39, 0.29) is 12.4 Å². The fourth-order valence-electron chi connectivity index (χ4n) is 1.05. The molecule has 0 saturated carbocycles. The highest BCUT2D eigenvalue weighted by Gasteiger charge is 1.96. The van der Waals surface area contributed by atoms with Gasteiger partial charge in [-0.15, -0.1) is 0 Å². The number of benzene rings is 1. The van der Waals surface area contributed by atoms with Gasteiger partial charge in [-0.1, -0.05) is 12.2 Å². The van der Waals surface area contributed by atoms with Crippen molar-refractivity contribution in [2.75, 3.05) is 5.75 Å². The molecule has 0 fully saturated rings. The molecule has 0 unspecified atom stereocenters. The number of halogens is 1. The van der Waals surface area contributed by atoms with Gasteiger partial charge in [-0.3, -0.25) is 0 Å². The maximum absolute atomic E-state index is 12.9. The van der Waals surface area contributed by atoms with Crippen molar-refractivity contribution in [1.82, 2.24) is 0 Å². The molecule has 13 heavy (non-hydrogen) atoms. The summed E-state index contributed by atoms with van der Waals surface area (Å²) in [7, 11) is 0. The van der Waals surface area contributed by atoms with Gasteiger partial charge in [0.25, 0.3) is 0 Å². The first kappa shape index (κ1) is 10.3. The van der Waals surface area contributed by atoms with Crippen LogP contribution in [0.2, 0.25) is 0 Å². The summed E-state index contributed by atoms with van der Waals surface area (Å²) in [6, 6.07) is 4.47. The Kier molecular flexibility index (Phi) is 3.99. The summed E-state index contributed by atoms with van der Waals surface area (Å²) in [5, 5.41) is 8.81. The molecule has 70 valence electrons. The molecule has 0 radical (unpaired) electrons. The zero-order chi connectivity index (χ0) is 9.68. The van der Waals surface area contributed by atoms with Gasteiger partial charge < -0.3 is 5.11 Å². The molecule has 0 spiro atoms. The van der Waals surface area contributed by atoms with Gasteiger partial charge in [-0.25, -0.2) is 4.39 Å². The van der Waals surface area contributed by atoms with E-state index in [1.807, 2.05) is 6.08 Å². The van der Waals surface area contributed by atoms with Gasteiger partial charge in [-0.2, -0.15) is 12.6 Å². The average molecular weight is 198 g/mol. The van der Waals surface area contributed by atoms with Crippen molar-refractivity contribution in [1.29, 1.82) is 0 Å². The summed E-state index contributed by atoms with van der Waals surface area (Å²) in [5.74, 6) is 0.288. The molecule has 0 saturated heterocycles. The van der Waals surface area contributed by atoms with Gasteiger partial charge in [0.05, 0.1) is 6.61 Å². The average Bonchev–Trinajstić information content (AvgIpc) is 2.14. The third kappa shape index (κ3) is 3.20. The summed E-state index contributed by atoms with van der Waals surface area (Å²) in [5.41, 5.74) is 1.33. The summed E-state index contributed by atoms with van der Waals surface area (Å²) in [6.07, 6.45) is 3.59. The van der Waals surface area contributed by atoms with Crippen LogP contribution in [0.4, 0.5) is 4.39 Å². The second-order valence-electron chi connectivity index (χ2n) is 2.64. The van der Waals surface area contributed by atoms with Crippen LogP contribution in [0.15, 0.2) is 24.3 Å². The van der Waals surface area contributed by atoms with E-state index in [2.05, 4.69) is 12.6 Å². The molecule has 0 aromatic heterocycles. The maximum Gasteiger partial charge on any atom is 0.124 e. The highest BCUT2D eigenvalue weighted by molar-refractivity contribution is 7.80. The molecule has 0 aliphatic carbocycles. The Bertz CT molecular complexity index is 310. The lowest BCUT2D eigenvalue weighted by Gasteiger charge is -1.99. The summed E-state index contributed by atoms with van der Waals surface area (Å²) >= 11 is 4.00. The molecule has 1 nitrogen and oxygen atoms in total. The molecule has 3 heteroatoms. The van der Waals surface area contributed by atoms with Gasteiger partial charge in [0.15, 0.2) is 0 Å². The minimum atomic E-state index is -0.328. The molecule has 0 heterocycles. The Morgan fingerprint density at radius 3 is 2.77 bits per heavy atom. The van der Waals surface area contributed by atoms with Crippen LogP contribution in [-0.2, 0) is 6.61 Å². The predicted octanol–water partition coefficient (Wildman–Crippen LogP) is 2.26. The molecule has 0 bridgehead atoms. The summed E-state index contributed by atoms with van der Waals surface area (Å²) in [6.45, 7) is -0.139. The molecule has 1 rings (SSSR count). The van der Waals surface area contributed by atoms with Crippen molar-refractivity contribution < 1.29 is 9.50 Å². The molecule has 0 aliphatic rings. The highest BCUT2D eigenvalue weighted by atomic mass is 32.1. The third-order valence-corrected chi connectivity index (χ3v) is 1.79. The SMILES string of the molecule is OCc1cc(F)cc(C=CCS)c1. The van der Waals surface area contributed by atoms with E-state index in [1.165, 1.54) is 12.1 Å². The van der Waals surface area contributed by atoms with E-state index >= 15 is 0 Å². The fraction of sp³-hybridized carbons (Fsp3) is 0.200. The lowest BCUT2D eigenvalue weighted by Crippen LogP contribution is -1.86. The Balaban J connectivity index is 2.94. The van der Waals surface area contributed by atoms with Gasteiger partial charge in [0.1, 0.15) is 5.82 Å². The Hall–Kier alpha value is -0.800. The Morgan fingerprint density at radius 2 is 2.15 bits per heavy atom. The van der Waals surface area contributed by atoms with Crippen molar-refractivity contribution in [2.24, 2.45) is 0 Å². The zero-order valence-electron chi connectivity index (χ0n) is 7.07. The topological polar surface area (TPSA) is 20.2 Å². The first-order valence-corrected chi connectivity index (χ1v) is 4.57. The quantitative estimate of drug-likeness (QED) is 0.714. The Labute approximate surface area is 82.3 Å². The number of hydrogen-bond acceptors (Lipinski definition) is 2. The van der Waals surface area contributed by atoms with Crippen LogP contribution >= 0.6 is 12.6 Å². The van der Waals surface area contributed by atoms with Crippen LogP contribution in [0.3, 0.4) is 0 Å². The van der Waals surface area contributed by atoms with Crippen LogP contribution in [0.5, 0.6) is 0 Å². The van der Waals surface area contributed by atoms with Crippen molar-refractivity contribution >= 4 is 18.7 Å². The largest absolute Gasteiger partial charge is 0.392 e. The number of hydrogen-bond donors (Lipinski definition) is 2. The monoisotopic (exact) mass is 198 g/mol. The van der Waals surface area contributed by atoms with Crippen molar-refractivity contribution in [2.45, 2.75) is 6.61 Å². The maximum atomic E-state index is 12.9. The zero-order valence-corrected chi connectivity index (χ0v) is 7.97. The molecule has 0 amide bonds. The minimum absolute atomic E-state index is 0.139. The Morgan fingerprint density at radius 1 is 1.38 bits per heavy atom. The van der Waals surface area contributed by atoms with Crippen molar-refractivity contribution in [3.05, 3.63) is 41.2 Å². The lowest BCUT2D eigenvalue weighted by atomic mass is 10.1. The van der Waals surface area contributed by atoms with Crippen LogP contribution in [0.25, 0.3) is 6.08 Å².